The van der Waals surface area contributed by atoms with Gasteiger partial charge in [0.1, 0.15) is 6.04 Å². The number of nitrogens with one attached hydrogen (secondary N) is 1. The zero-order valence-electron chi connectivity index (χ0n) is 17.1. The van der Waals surface area contributed by atoms with E-state index in [9.17, 15) is 14.4 Å². The maximum atomic E-state index is 12.3. The Morgan fingerprint density at radius 1 is 1.14 bits per heavy atom. The van der Waals surface area contributed by atoms with E-state index in [1.165, 1.54) is 17.6 Å². The highest BCUT2D eigenvalue weighted by atomic mass is 16.2. The monoisotopic (exact) mass is 387 g/mol. The Morgan fingerprint density at radius 3 is 2.29 bits per heavy atom. The fourth-order valence-corrected chi connectivity index (χ4v) is 3.97. The van der Waals surface area contributed by atoms with Crippen LogP contribution in [0.3, 0.4) is 0 Å². The average molecular weight is 387 g/mol. The molecule has 3 heterocycles. The van der Waals surface area contributed by atoms with Gasteiger partial charge in [0.15, 0.2) is 0 Å². The molecule has 3 rings (SSSR count). The molecule has 0 saturated carbocycles. The molecule has 28 heavy (non-hydrogen) atoms. The maximum absolute atomic E-state index is 12.3. The van der Waals surface area contributed by atoms with Crippen LogP contribution in [0.4, 0.5) is 10.5 Å². The highest BCUT2D eigenvalue weighted by molar-refractivity contribution is 6.05. The van der Waals surface area contributed by atoms with Gasteiger partial charge in [-0.25, -0.2) is 4.79 Å². The maximum Gasteiger partial charge on any atom is 0.326 e. The number of aryl methyl sites for hydroxylation is 2. The van der Waals surface area contributed by atoms with Crippen LogP contribution in [0.15, 0.2) is 12.1 Å². The number of hydrogen-bond acceptors (Lipinski definition) is 5. The van der Waals surface area contributed by atoms with E-state index in [-0.39, 0.29) is 24.3 Å². The van der Waals surface area contributed by atoms with Gasteiger partial charge in [0, 0.05) is 50.8 Å². The van der Waals surface area contributed by atoms with Crippen LogP contribution in [0.1, 0.15) is 30.7 Å². The molecule has 4 amide bonds. The lowest BCUT2D eigenvalue weighted by Crippen LogP contribution is -2.41. The number of hydrogen-bond donors (Lipinski definition) is 1. The van der Waals surface area contributed by atoms with Gasteiger partial charge in [-0.3, -0.25) is 19.5 Å². The zero-order valence-corrected chi connectivity index (χ0v) is 17.1. The van der Waals surface area contributed by atoms with E-state index in [0.717, 1.165) is 42.2 Å². The third-order valence-electron chi connectivity index (χ3n) is 5.68. The molecule has 1 aromatic heterocycles. The number of carbonyl (C=O) groups is 3. The number of pyridine rings is 1. The fraction of sp³-hybridized carbons (Fsp3) is 0.600. The summed E-state index contributed by atoms with van der Waals surface area (Å²) < 4.78 is 0. The Morgan fingerprint density at radius 2 is 1.75 bits per heavy atom. The molecule has 1 aromatic rings. The minimum absolute atomic E-state index is 0.0137. The van der Waals surface area contributed by atoms with Gasteiger partial charge in [-0.05, 0) is 44.7 Å². The Labute approximate surface area is 165 Å². The molecule has 2 fully saturated rings. The van der Waals surface area contributed by atoms with Gasteiger partial charge in [0.05, 0.1) is 6.42 Å². The SMILES string of the molecule is Cc1cc(N2CCC(CNC(=O)CC3C(=O)N(C)C(=O)N3C)CC2)cc(C)n1. The second-order valence-electron chi connectivity index (χ2n) is 7.85. The number of nitrogens with zero attached hydrogens (tertiary/aromatic N) is 4. The lowest BCUT2D eigenvalue weighted by molar-refractivity contribution is -0.131. The normalized spacial score (nSPS) is 20.9. The fourth-order valence-electron chi connectivity index (χ4n) is 3.97. The van der Waals surface area contributed by atoms with Crippen LogP contribution in [0, 0.1) is 19.8 Å². The van der Waals surface area contributed by atoms with Crippen molar-refractivity contribution in [3.05, 3.63) is 23.5 Å². The van der Waals surface area contributed by atoms with E-state index in [2.05, 4.69) is 27.3 Å². The summed E-state index contributed by atoms with van der Waals surface area (Å²) >= 11 is 0. The summed E-state index contributed by atoms with van der Waals surface area (Å²) in [4.78, 5) is 45.3. The third-order valence-corrected chi connectivity index (χ3v) is 5.68. The highest BCUT2D eigenvalue weighted by Crippen LogP contribution is 2.24. The number of amides is 4. The molecule has 0 spiro atoms. The summed E-state index contributed by atoms with van der Waals surface area (Å²) in [5, 5.41) is 2.95. The number of likely N-dealkylation sites (N-methyl/N-ethyl adjacent to an activating group) is 2. The molecule has 2 aliphatic heterocycles. The van der Waals surface area contributed by atoms with Crippen molar-refractivity contribution in [3.8, 4) is 0 Å². The topological polar surface area (TPSA) is 85.8 Å². The molecule has 1 N–H and O–H groups in total. The van der Waals surface area contributed by atoms with Crippen LogP contribution in [0.25, 0.3) is 0 Å². The van der Waals surface area contributed by atoms with Gasteiger partial charge in [-0.1, -0.05) is 0 Å². The van der Waals surface area contributed by atoms with Crippen molar-refractivity contribution < 1.29 is 14.4 Å². The lowest BCUT2D eigenvalue weighted by atomic mass is 9.96. The number of rotatable bonds is 5. The summed E-state index contributed by atoms with van der Waals surface area (Å²) in [6.45, 7) is 6.53. The summed E-state index contributed by atoms with van der Waals surface area (Å²) in [6, 6.07) is 3.17. The Hall–Kier alpha value is -2.64. The van der Waals surface area contributed by atoms with Crippen molar-refractivity contribution in [1.29, 1.82) is 0 Å². The standard InChI is InChI=1S/C20H29N5O3/c1-13-9-16(10-14(2)22-13)25-7-5-15(6-8-25)12-21-18(26)11-17-19(27)24(4)20(28)23(17)3/h9-10,15,17H,5-8,11-12H2,1-4H3,(H,21,26). The van der Waals surface area contributed by atoms with E-state index in [1.54, 1.807) is 7.05 Å². The molecule has 2 aliphatic rings. The van der Waals surface area contributed by atoms with Crippen molar-refractivity contribution in [1.82, 2.24) is 20.1 Å². The minimum atomic E-state index is -0.697. The van der Waals surface area contributed by atoms with E-state index in [0.29, 0.717) is 12.5 Å². The largest absolute Gasteiger partial charge is 0.371 e. The number of carbonyl (C=O) groups excluding carboxylic acids is 3. The molecule has 1 unspecified atom stereocenters. The summed E-state index contributed by atoms with van der Waals surface area (Å²) in [5.41, 5.74) is 3.27. The van der Waals surface area contributed by atoms with Gasteiger partial charge in [0.25, 0.3) is 5.91 Å². The first-order chi connectivity index (χ1) is 13.3. The van der Waals surface area contributed by atoms with Crippen molar-refractivity contribution >= 4 is 23.5 Å². The van der Waals surface area contributed by atoms with Crippen molar-refractivity contribution in [2.45, 2.75) is 39.2 Å². The lowest BCUT2D eigenvalue weighted by Gasteiger charge is -2.34. The molecule has 0 radical (unpaired) electrons. The van der Waals surface area contributed by atoms with Crippen LogP contribution in [0.2, 0.25) is 0 Å². The van der Waals surface area contributed by atoms with Crippen molar-refractivity contribution in [2.24, 2.45) is 5.92 Å². The molecule has 2 saturated heterocycles. The number of piperidine rings is 1. The van der Waals surface area contributed by atoms with Crippen molar-refractivity contribution in [2.75, 3.05) is 38.6 Å². The number of urea groups is 1. The van der Waals surface area contributed by atoms with E-state index in [1.807, 2.05) is 13.8 Å². The van der Waals surface area contributed by atoms with E-state index in [4.69, 9.17) is 0 Å². The predicted octanol–water partition coefficient (Wildman–Crippen LogP) is 1.31. The third kappa shape index (κ3) is 4.26. The van der Waals surface area contributed by atoms with Crippen LogP contribution < -0.4 is 10.2 Å². The first kappa shape index (κ1) is 20.1. The van der Waals surface area contributed by atoms with Gasteiger partial charge < -0.3 is 15.1 Å². The van der Waals surface area contributed by atoms with E-state index >= 15 is 0 Å². The molecule has 0 aliphatic carbocycles. The molecule has 1 atom stereocenters. The first-order valence-corrected chi connectivity index (χ1v) is 9.77. The highest BCUT2D eigenvalue weighted by Gasteiger charge is 2.41. The predicted molar refractivity (Wildman–Crippen MR) is 106 cm³/mol. The van der Waals surface area contributed by atoms with Crippen LogP contribution in [0.5, 0.6) is 0 Å². The smallest absolute Gasteiger partial charge is 0.326 e. The summed E-state index contributed by atoms with van der Waals surface area (Å²) in [7, 11) is 3.00. The second kappa shape index (κ2) is 8.16. The Bertz CT molecular complexity index is 753. The average Bonchev–Trinajstić information content (AvgIpc) is 2.84. The van der Waals surface area contributed by atoms with Gasteiger partial charge in [0.2, 0.25) is 5.91 Å². The van der Waals surface area contributed by atoms with Gasteiger partial charge in [-0.15, -0.1) is 0 Å². The molecular formula is C20H29N5O3. The first-order valence-electron chi connectivity index (χ1n) is 9.77. The van der Waals surface area contributed by atoms with E-state index < -0.39 is 6.04 Å². The molecule has 0 aromatic carbocycles. The van der Waals surface area contributed by atoms with Crippen molar-refractivity contribution in [3.63, 3.8) is 0 Å². The Kier molecular flexibility index (Phi) is 5.86. The molecule has 8 nitrogen and oxygen atoms in total. The quantitative estimate of drug-likeness (QED) is 0.770. The Balaban J connectivity index is 1.45. The number of aromatic nitrogens is 1. The van der Waals surface area contributed by atoms with Gasteiger partial charge in [-0.2, -0.15) is 0 Å². The summed E-state index contributed by atoms with van der Waals surface area (Å²) in [6.07, 6.45) is 2.02. The number of anilines is 1. The number of imide groups is 1. The minimum Gasteiger partial charge on any atom is -0.371 e. The molecule has 152 valence electrons. The molecule has 0 bridgehead atoms. The van der Waals surface area contributed by atoms with Crippen LogP contribution in [-0.2, 0) is 9.59 Å². The van der Waals surface area contributed by atoms with Crippen LogP contribution >= 0.6 is 0 Å². The second-order valence-corrected chi connectivity index (χ2v) is 7.85. The zero-order chi connectivity index (χ0) is 20.4. The molecule has 8 heteroatoms. The molecular weight excluding hydrogens is 358 g/mol. The summed E-state index contributed by atoms with van der Waals surface area (Å²) in [5.74, 6) is -0.0828. The van der Waals surface area contributed by atoms with Gasteiger partial charge >= 0.3 is 6.03 Å². The van der Waals surface area contributed by atoms with Crippen LogP contribution in [-0.4, -0.2) is 72.4 Å².